The third-order valence-electron chi connectivity index (χ3n) is 9.97. The minimum atomic E-state index is -3.08. The van der Waals surface area contributed by atoms with Crippen molar-refractivity contribution in [2.24, 2.45) is 20.0 Å². The van der Waals surface area contributed by atoms with Crippen molar-refractivity contribution >= 4 is 51.7 Å². The van der Waals surface area contributed by atoms with Gasteiger partial charge in [-0.05, 0) is 56.5 Å². The van der Waals surface area contributed by atoms with Gasteiger partial charge >= 0.3 is 11.7 Å². The molecule has 1 saturated heterocycles. The lowest BCUT2D eigenvalue weighted by molar-refractivity contribution is -0.143. The van der Waals surface area contributed by atoms with E-state index in [0.717, 1.165) is 33.1 Å². The molecule has 0 bridgehead atoms. The first kappa shape index (κ1) is 35.5. The number of aliphatic carboxylic acids is 1. The Morgan fingerprint density at radius 1 is 0.962 bits per heavy atom. The van der Waals surface area contributed by atoms with Gasteiger partial charge in [-0.1, -0.05) is 53.5 Å². The Balaban J connectivity index is 1.25. The lowest BCUT2D eigenvalue weighted by atomic mass is 9.94. The number of halogens is 4. The van der Waals surface area contributed by atoms with Gasteiger partial charge in [0.15, 0.2) is 11.5 Å². The third kappa shape index (κ3) is 6.07. The average Bonchev–Trinajstić information content (AvgIpc) is 3.57. The highest BCUT2D eigenvalue weighted by molar-refractivity contribution is 6.39. The largest absolute Gasteiger partial charge is 0.481 e. The van der Waals surface area contributed by atoms with Crippen LogP contribution in [0.25, 0.3) is 33.4 Å². The molecule has 52 heavy (non-hydrogen) atoms. The van der Waals surface area contributed by atoms with E-state index in [2.05, 4.69) is 20.2 Å². The van der Waals surface area contributed by atoms with Crippen molar-refractivity contribution in [2.45, 2.75) is 38.2 Å². The van der Waals surface area contributed by atoms with E-state index in [9.17, 15) is 28.3 Å². The van der Waals surface area contributed by atoms with E-state index in [1.807, 2.05) is 18.2 Å². The molecule has 12 nitrogen and oxygen atoms in total. The number of nitrogens with one attached hydrogen (secondary N) is 1. The van der Waals surface area contributed by atoms with Crippen LogP contribution >= 0.6 is 23.2 Å². The summed E-state index contributed by atoms with van der Waals surface area (Å²) in [4.78, 5) is 52.2. The monoisotopic (exact) mass is 751 g/mol. The van der Waals surface area contributed by atoms with Gasteiger partial charge in [0, 0.05) is 42.4 Å². The smallest absolute Gasteiger partial charge is 0.332 e. The van der Waals surface area contributed by atoms with Crippen LogP contribution in [0.3, 0.4) is 0 Å². The number of ether oxygens (including phenoxy) is 1. The van der Waals surface area contributed by atoms with E-state index >= 15 is 0 Å². The first-order valence-corrected chi connectivity index (χ1v) is 17.3. The Labute approximate surface area is 305 Å². The number of methoxy groups -OCH3 is 1. The predicted molar refractivity (Wildman–Crippen MR) is 193 cm³/mol. The van der Waals surface area contributed by atoms with Gasteiger partial charge in [0.2, 0.25) is 5.88 Å². The van der Waals surface area contributed by atoms with Crippen molar-refractivity contribution < 1.29 is 23.4 Å². The molecule has 0 spiro atoms. The second kappa shape index (κ2) is 13.9. The number of piperidine rings is 1. The van der Waals surface area contributed by atoms with Gasteiger partial charge in [0.25, 0.3) is 12.0 Å². The van der Waals surface area contributed by atoms with Crippen molar-refractivity contribution in [1.82, 2.24) is 29.0 Å². The number of aromatic nitrogens is 5. The Morgan fingerprint density at radius 2 is 1.63 bits per heavy atom. The predicted octanol–water partition coefficient (Wildman–Crippen LogP) is 6.54. The fraction of sp³-hybridized carbons (Fsp3) is 0.333. The Kier molecular flexibility index (Phi) is 9.48. The van der Waals surface area contributed by atoms with Crippen LogP contribution in [-0.4, -0.2) is 60.3 Å². The summed E-state index contributed by atoms with van der Waals surface area (Å²) in [5.41, 5.74) is 2.89. The first-order valence-electron chi connectivity index (χ1n) is 16.5. The zero-order chi connectivity index (χ0) is 37.0. The Morgan fingerprint density at radius 3 is 2.31 bits per heavy atom. The van der Waals surface area contributed by atoms with Crippen molar-refractivity contribution in [3.8, 4) is 28.3 Å². The van der Waals surface area contributed by atoms with Crippen molar-refractivity contribution in [2.75, 3.05) is 25.5 Å². The number of hydrogen-bond donors (Lipinski definition) is 2. The molecule has 3 aromatic heterocycles. The van der Waals surface area contributed by atoms with Gasteiger partial charge in [0.1, 0.15) is 11.2 Å². The molecule has 7 rings (SSSR count). The van der Waals surface area contributed by atoms with Gasteiger partial charge in [-0.2, -0.15) is 0 Å². The van der Waals surface area contributed by atoms with Crippen LogP contribution in [0.4, 0.5) is 20.3 Å². The molecule has 5 aromatic rings. The quantitative estimate of drug-likeness (QED) is 0.179. The van der Waals surface area contributed by atoms with E-state index in [1.165, 1.54) is 14.1 Å². The van der Waals surface area contributed by atoms with Crippen LogP contribution in [0, 0.1) is 5.92 Å². The fourth-order valence-electron chi connectivity index (χ4n) is 7.26. The zero-order valence-electron chi connectivity index (χ0n) is 28.3. The summed E-state index contributed by atoms with van der Waals surface area (Å²) in [6, 6.07) is 12.6. The number of carboxylic acid groups (broad SMARTS) is 1. The van der Waals surface area contributed by atoms with Crippen LogP contribution in [-0.2, 0) is 25.3 Å². The zero-order valence-corrected chi connectivity index (χ0v) is 29.8. The summed E-state index contributed by atoms with van der Waals surface area (Å²) in [5, 5.41) is 12.7. The number of pyridine rings is 1. The molecular weight excluding hydrogens is 719 g/mol. The molecule has 0 radical (unpaired) electrons. The number of likely N-dealkylation sites (tertiary alicyclic amines) is 1. The van der Waals surface area contributed by atoms with Crippen LogP contribution in [0.2, 0.25) is 10.0 Å². The maximum Gasteiger partial charge on any atom is 0.332 e. The lowest BCUT2D eigenvalue weighted by Crippen LogP contribution is -2.38. The number of carbonyl (C=O) groups is 1. The van der Waals surface area contributed by atoms with E-state index < -0.39 is 29.5 Å². The molecule has 2 N–H and O–H groups in total. The number of rotatable bonds is 8. The number of carboxylic acids is 1. The maximum absolute atomic E-state index is 13.9. The SMILES string of the molecule is COc1nc(-c2cccc(-c3cccc(Nc4nc(C(F)F)nc5c4c(=O)n(C)c(=O)n5C)c3Cl)c2Cl)cc2c1[C@@H](N1CCC(C(=O)O)CC1)CC2. The number of fused-ring (bicyclic) bond motifs is 2. The molecule has 2 aliphatic rings. The highest BCUT2D eigenvalue weighted by atomic mass is 35.5. The van der Waals surface area contributed by atoms with Crippen LogP contribution < -0.4 is 21.3 Å². The highest BCUT2D eigenvalue weighted by Gasteiger charge is 2.36. The number of aryl methyl sites for hydroxylation is 2. The standard InChI is InChI=1S/C36H33Cl2F2N7O5/c1-45-32-26(34(48)46(2)36(45)51)30(43-31(44-32)29(39)40)41-22-9-5-7-20(28(22)38)19-6-4-8-21(27(19)37)23-16-18-10-11-24(25(18)33(42-23)52-3)47-14-12-17(13-15-47)35(49)50/h4-9,16-17,24,29H,10-15H2,1-3H3,(H,49,50)(H,41,43,44)/t24-/m0/s1. The summed E-state index contributed by atoms with van der Waals surface area (Å²) >= 11 is 14.1. The molecule has 270 valence electrons. The van der Waals surface area contributed by atoms with Crippen LogP contribution in [0.1, 0.15) is 48.7 Å². The molecule has 1 aliphatic carbocycles. The summed E-state index contributed by atoms with van der Waals surface area (Å²) < 4.78 is 35.4. The Hall–Kier alpha value is -4.92. The van der Waals surface area contributed by atoms with E-state index in [-0.39, 0.29) is 39.5 Å². The minimum Gasteiger partial charge on any atom is -0.481 e. The summed E-state index contributed by atoms with van der Waals surface area (Å²) in [6.45, 7) is 1.37. The second-order valence-electron chi connectivity index (χ2n) is 12.9. The third-order valence-corrected chi connectivity index (χ3v) is 10.8. The van der Waals surface area contributed by atoms with E-state index in [1.54, 1.807) is 31.4 Å². The molecular formula is C36H33Cl2F2N7O5. The number of nitrogens with zero attached hydrogens (tertiary/aromatic N) is 6. The normalized spacial score (nSPS) is 16.4. The van der Waals surface area contributed by atoms with E-state index in [4.69, 9.17) is 32.9 Å². The minimum absolute atomic E-state index is 0.0749. The van der Waals surface area contributed by atoms with Crippen molar-refractivity contribution in [3.05, 3.63) is 90.3 Å². The summed E-state index contributed by atoms with van der Waals surface area (Å²) in [6.07, 6.45) is -0.226. The van der Waals surface area contributed by atoms with Gasteiger partial charge < -0.3 is 15.2 Å². The van der Waals surface area contributed by atoms with Gasteiger partial charge in [-0.3, -0.25) is 23.6 Å². The highest BCUT2D eigenvalue weighted by Crippen LogP contribution is 2.46. The molecule has 0 saturated carbocycles. The molecule has 1 fully saturated rings. The fourth-order valence-corrected chi connectivity index (χ4v) is 7.86. The van der Waals surface area contributed by atoms with Crippen molar-refractivity contribution in [3.63, 3.8) is 0 Å². The van der Waals surface area contributed by atoms with E-state index in [0.29, 0.717) is 59.2 Å². The molecule has 16 heteroatoms. The van der Waals surface area contributed by atoms with Crippen LogP contribution in [0.15, 0.2) is 52.1 Å². The van der Waals surface area contributed by atoms with Gasteiger partial charge in [0.05, 0.1) is 34.5 Å². The molecule has 4 heterocycles. The lowest BCUT2D eigenvalue weighted by Gasteiger charge is -2.35. The van der Waals surface area contributed by atoms with Gasteiger partial charge in [-0.15, -0.1) is 0 Å². The Bertz CT molecular complexity index is 2380. The second-order valence-corrected chi connectivity index (χ2v) is 13.6. The topological polar surface area (TPSA) is 144 Å². The maximum atomic E-state index is 13.9. The summed E-state index contributed by atoms with van der Waals surface area (Å²) in [7, 11) is 4.18. The molecule has 1 atom stereocenters. The average molecular weight is 753 g/mol. The number of benzene rings is 2. The molecule has 2 aromatic carbocycles. The molecule has 0 unspecified atom stereocenters. The van der Waals surface area contributed by atoms with Crippen LogP contribution in [0.5, 0.6) is 5.88 Å². The molecule has 0 amide bonds. The number of alkyl halides is 2. The number of hydrogen-bond acceptors (Lipinski definition) is 9. The molecule has 1 aliphatic heterocycles. The summed E-state index contributed by atoms with van der Waals surface area (Å²) in [5.74, 6) is -1.69. The first-order chi connectivity index (χ1) is 24.9. The van der Waals surface area contributed by atoms with Gasteiger partial charge in [-0.25, -0.2) is 28.5 Å². The number of anilines is 2. The van der Waals surface area contributed by atoms with Crippen molar-refractivity contribution in [1.29, 1.82) is 0 Å².